The topological polar surface area (TPSA) is 53.7 Å². The fourth-order valence-electron chi connectivity index (χ4n) is 1.86. The Balaban J connectivity index is 2.47. The number of benzene rings is 2. The summed E-state index contributed by atoms with van der Waals surface area (Å²) in [5.74, 6) is 2.23. The first-order valence-corrected chi connectivity index (χ1v) is 6.45. The van der Waals surface area contributed by atoms with E-state index in [9.17, 15) is 0 Å². The summed E-state index contributed by atoms with van der Waals surface area (Å²) >= 11 is 6.12. The second-order valence-electron chi connectivity index (χ2n) is 4.01. The molecule has 0 aliphatic carbocycles. The maximum absolute atomic E-state index is 6.12. The Labute approximate surface area is 123 Å². The van der Waals surface area contributed by atoms with Crippen LogP contribution < -0.4 is 19.9 Å². The largest absolute Gasteiger partial charge is 0.493 e. The Bertz CT molecular complexity index is 579. The van der Waals surface area contributed by atoms with E-state index in [2.05, 4.69) is 0 Å². The minimum atomic E-state index is 0.284. The van der Waals surface area contributed by atoms with Crippen LogP contribution >= 0.6 is 11.6 Å². The van der Waals surface area contributed by atoms with Crippen molar-refractivity contribution in [2.45, 2.75) is 6.54 Å². The molecule has 20 heavy (non-hydrogen) atoms. The van der Waals surface area contributed by atoms with Crippen LogP contribution in [-0.4, -0.2) is 14.2 Å². The summed E-state index contributed by atoms with van der Waals surface area (Å²) in [6.07, 6.45) is 0. The fourth-order valence-corrected chi connectivity index (χ4v) is 2.10. The third kappa shape index (κ3) is 2.81. The molecule has 0 aromatic heterocycles. The van der Waals surface area contributed by atoms with E-state index in [1.54, 1.807) is 44.6 Å². The monoisotopic (exact) mass is 293 g/mol. The minimum Gasteiger partial charge on any atom is -0.493 e. The van der Waals surface area contributed by atoms with Gasteiger partial charge in [-0.15, -0.1) is 0 Å². The van der Waals surface area contributed by atoms with Gasteiger partial charge in [0.05, 0.1) is 14.2 Å². The summed E-state index contributed by atoms with van der Waals surface area (Å²) in [5, 5.41) is 0.568. The molecule has 0 amide bonds. The summed E-state index contributed by atoms with van der Waals surface area (Å²) in [7, 11) is 3.15. The van der Waals surface area contributed by atoms with E-state index in [0.717, 1.165) is 5.56 Å². The molecule has 0 aliphatic rings. The number of para-hydroxylation sites is 1. The van der Waals surface area contributed by atoms with E-state index in [0.29, 0.717) is 28.0 Å². The van der Waals surface area contributed by atoms with Crippen molar-refractivity contribution in [1.82, 2.24) is 0 Å². The van der Waals surface area contributed by atoms with Crippen LogP contribution in [-0.2, 0) is 6.54 Å². The number of hydrogen-bond donors (Lipinski definition) is 1. The Hall–Kier alpha value is -1.91. The first-order chi connectivity index (χ1) is 9.71. The number of halogens is 1. The molecule has 2 aromatic carbocycles. The van der Waals surface area contributed by atoms with E-state index in [-0.39, 0.29) is 6.54 Å². The summed E-state index contributed by atoms with van der Waals surface area (Å²) in [6.45, 7) is 0.284. The van der Waals surface area contributed by atoms with Gasteiger partial charge in [0.25, 0.3) is 0 Å². The van der Waals surface area contributed by atoms with E-state index < -0.39 is 0 Å². The summed E-state index contributed by atoms with van der Waals surface area (Å²) in [6, 6.07) is 10.8. The molecule has 0 saturated carbocycles. The molecule has 0 bridgehead atoms. The highest BCUT2D eigenvalue weighted by Crippen LogP contribution is 2.41. The third-order valence-electron chi connectivity index (χ3n) is 2.87. The van der Waals surface area contributed by atoms with Crippen LogP contribution in [0.2, 0.25) is 5.02 Å². The lowest BCUT2D eigenvalue weighted by atomic mass is 10.2. The molecule has 0 saturated heterocycles. The molecule has 0 fully saturated rings. The lowest BCUT2D eigenvalue weighted by molar-refractivity contribution is 0.345. The molecule has 0 radical (unpaired) electrons. The second kappa shape index (κ2) is 6.50. The first kappa shape index (κ1) is 14.5. The van der Waals surface area contributed by atoms with Gasteiger partial charge in [0.15, 0.2) is 11.5 Å². The van der Waals surface area contributed by atoms with Gasteiger partial charge in [-0.1, -0.05) is 23.7 Å². The molecule has 5 heteroatoms. The summed E-state index contributed by atoms with van der Waals surface area (Å²) < 4.78 is 16.5. The van der Waals surface area contributed by atoms with Crippen molar-refractivity contribution in [3.05, 3.63) is 47.0 Å². The van der Waals surface area contributed by atoms with Crippen LogP contribution in [0.15, 0.2) is 36.4 Å². The quantitative estimate of drug-likeness (QED) is 0.915. The standard InChI is InChI=1S/C15H16ClNO3/c1-18-13-7-4-8-14(19-2)15(13)20-12-6-3-5-11(16)10(12)9-17/h3-8H,9,17H2,1-2H3. The van der Waals surface area contributed by atoms with Crippen molar-refractivity contribution in [3.8, 4) is 23.0 Å². The SMILES string of the molecule is COc1cccc(OC)c1Oc1cccc(Cl)c1CN. The highest BCUT2D eigenvalue weighted by Gasteiger charge is 2.15. The molecule has 0 heterocycles. The maximum Gasteiger partial charge on any atom is 0.211 e. The minimum absolute atomic E-state index is 0.284. The zero-order chi connectivity index (χ0) is 14.5. The molecular weight excluding hydrogens is 278 g/mol. The van der Waals surface area contributed by atoms with Crippen LogP contribution in [0.3, 0.4) is 0 Å². The highest BCUT2D eigenvalue weighted by molar-refractivity contribution is 6.31. The maximum atomic E-state index is 6.12. The number of ether oxygens (including phenoxy) is 3. The van der Waals surface area contributed by atoms with Crippen LogP contribution in [0.25, 0.3) is 0 Å². The van der Waals surface area contributed by atoms with Crippen molar-refractivity contribution in [2.24, 2.45) is 5.73 Å². The van der Waals surface area contributed by atoms with E-state index in [4.69, 9.17) is 31.5 Å². The van der Waals surface area contributed by atoms with Crippen molar-refractivity contribution in [3.63, 3.8) is 0 Å². The molecule has 0 aliphatic heterocycles. The zero-order valence-corrected chi connectivity index (χ0v) is 12.1. The van der Waals surface area contributed by atoms with Crippen LogP contribution in [0, 0.1) is 0 Å². The summed E-state index contributed by atoms with van der Waals surface area (Å²) in [4.78, 5) is 0. The van der Waals surface area contributed by atoms with Gasteiger partial charge in [0, 0.05) is 17.1 Å². The van der Waals surface area contributed by atoms with Gasteiger partial charge in [-0.3, -0.25) is 0 Å². The molecule has 2 aromatic rings. The normalized spacial score (nSPS) is 10.2. The lowest BCUT2D eigenvalue weighted by Gasteiger charge is -2.16. The van der Waals surface area contributed by atoms with E-state index in [1.807, 2.05) is 6.07 Å². The Morgan fingerprint density at radius 2 is 1.50 bits per heavy atom. The molecular formula is C15H16ClNO3. The zero-order valence-electron chi connectivity index (χ0n) is 11.4. The van der Waals surface area contributed by atoms with Gasteiger partial charge >= 0.3 is 0 Å². The van der Waals surface area contributed by atoms with Crippen molar-refractivity contribution < 1.29 is 14.2 Å². The lowest BCUT2D eigenvalue weighted by Crippen LogP contribution is -2.01. The number of methoxy groups -OCH3 is 2. The van der Waals surface area contributed by atoms with Gasteiger partial charge in [-0.2, -0.15) is 0 Å². The smallest absolute Gasteiger partial charge is 0.211 e. The van der Waals surface area contributed by atoms with Crippen LogP contribution in [0.4, 0.5) is 0 Å². The molecule has 4 nitrogen and oxygen atoms in total. The van der Waals surface area contributed by atoms with Gasteiger partial charge < -0.3 is 19.9 Å². The Kier molecular flexibility index (Phi) is 4.71. The number of hydrogen-bond acceptors (Lipinski definition) is 4. The fraction of sp³-hybridized carbons (Fsp3) is 0.200. The van der Waals surface area contributed by atoms with Crippen molar-refractivity contribution in [1.29, 1.82) is 0 Å². The van der Waals surface area contributed by atoms with E-state index in [1.165, 1.54) is 0 Å². The average molecular weight is 294 g/mol. The predicted molar refractivity (Wildman–Crippen MR) is 79.0 cm³/mol. The van der Waals surface area contributed by atoms with Crippen molar-refractivity contribution in [2.75, 3.05) is 14.2 Å². The molecule has 0 unspecified atom stereocenters. The second-order valence-corrected chi connectivity index (χ2v) is 4.42. The third-order valence-corrected chi connectivity index (χ3v) is 3.23. The predicted octanol–water partition coefficient (Wildman–Crippen LogP) is 3.61. The Morgan fingerprint density at radius 1 is 0.950 bits per heavy atom. The highest BCUT2D eigenvalue weighted by atomic mass is 35.5. The molecule has 2 rings (SSSR count). The van der Waals surface area contributed by atoms with Gasteiger partial charge in [0.1, 0.15) is 5.75 Å². The van der Waals surface area contributed by atoms with Gasteiger partial charge in [-0.05, 0) is 24.3 Å². The van der Waals surface area contributed by atoms with Gasteiger partial charge in [0.2, 0.25) is 5.75 Å². The van der Waals surface area contributed by atoms with Crippen LogP contribution in [0.5, 0.6) is 23.0 Å². The first-order valence-electron chi connectivity index (χ1n) is 6.07. The summed E-state index contributed by atoms with van der Waals surface area (Å²) in [5.41, 5.74) is 6.46. The number of nitrogens with two attached hydrogens (primary N) is 1. The Morgan fingerprint density at radius 3 is 2.05 bits per heavy atom. The van der Waals surface area contributed by atoms with Crippen molar-refractivity contribution >= 4 is 11.6 Å². The molecule has 0 atom stereocenters. The number of rotatable bonds is 5. The van der Waals surface area contributed by atoms with Crippen LogP contribution in [0.1, 0.15) is 5.56 Å². The molecule has 2 N–H and O–H groups in total. The average Bonchev–Trinajstić information content (AvgIpc) is 2.47. The molecule has 0 spiro atoms. The van der Waals surface area contributed by atoms with Gasteiger partial charge in [-0.25, -0.2) is 0 Å². The molecule has 106 valence electrons. The van der Waals surface area contributed by atoms with E-state index >= 15 is 0 Å².